The maximum absolute atomic E-state index is 12.1. The van der Waals surface area contributed by atoms with E-state index in [4.69, 9.17) is 4.74 Å². The van der Waals surface area contributed by atoms with E-state index in [-0.39, 0.29) is 18.2 Å². The fourth-order valence-electron chi connectivity index (χ4n) is 2.39. The zero-order chi connectivity index (χ0) is 14.8. The first kappa shape index (κ1) is 14.6. The van der Waals surface area contributed by atoms with Crippen molar-refractivity contribution >= 4 is 16.3 Å². The van der Waals surface area contributed by atoms with Gasteiger partial charge in [0.15, 0.2) is 0 Å². The molecule has 1 aliphatic rings. The zero-order valence-electron chi connectivity index (χ0n) is 11.9. The second-order valence-electron chi connectivity index (χ2n) is 5.01. The van der Waals surface area contributed by atoms with Crippen molar-refractivity contribution in [3.63, 3.8) is 0 Å². The molecule has 0 radical (unpaired) electrons. The monoisotopic (exact) mass is 310 g/mol. The molecule has 8 heteroatoms. The van der Waals surface area contributed by atoms with Crippen LogP contribution in [0.2, 0.25) is 0 Å². The average Bonchev–Trinajstić information content (AvgIpc) is 2.91. The number of hydrogen-bond donors (Lipinski definition) is 1. The van der Waals surface area contributed by atoms with Crippen molar-refractivity contribution in [1.82, 2.24) is 19.5 Å². The number of fused-ring (bicyclic) bond motifs is 1. The third kappa shape index (κ3) is 2.98. The fraction of sp³-hybridized carbons (Fsp3) is 0.615. The molecule has 2 aromatic rings. The molecule has 1 aliphatic heterocycles. The summed E-state index contributed by atoms with van der Waals surface area (Å²) < 4.78 is 6.71. The Hall–Kier alpha value is -1.35. The molecule has 0 amide bonds. The number of rotatable bonds is 4. The van der Waals surface area contributed by atoms with E-state index in [1.165, 1.54) is 21.9 Å². The van der Waals surface area contributed by atoms with Crippen molar-refractivity contribution in [2.75, 3.05) is 26.4 Å². The van der Waals surface area contributed by atoms with Gasteiger partial charge in [-0.3, -0.25) is 9.69 Å². The molecular weight excluding hydrogens is 292 g/mol. The number of hydrogen-bond acceptors (Lipinski definition) is 7. The van der Waals surface area contributed by atoms with E-state index in [2.05, 4.69) is 15.0 Å². The normalized spacial score (nSPS) is 20.2. The van der Waals surface area contributed by atoms with Crippen molar-refractivity contribution in [3.05, 3.63) is 27.1 Å². The van der Waals surface area contributed by atoms with Crippen molar-refractivity contribution in [2.45, 2.75) is 25.9 Å². The van der Waals surface area contributed by atoms with Crippen LogP contribution in [0.5, 0.6) is 0 Å². The molecule has 0 aliphatic carbocycles. The molecule has 7 nitrogen and oxygen atoms in total. The van der Waals surface area contributed by atoms with Crippen LogP contribution >= 0.6 is 11.3 Å². The van der Waals surface area contributed by atoms with Crippen molar-refractivity contribution in [2.24, 2.45) is 0 Å². The molecule has 1 saturated heterocycles. The molecule has 1 fully saturated rings. The van der Waals surface area contributed by atoms with Crippen LogP contribution in [0.25, 0.3) is 4.96 Å². The lowest BCUT2D eigenvalue weighted by molar-refractivity contribution is -0.0317. The van der Waals surface area contributed by atoms with Crippen LogP contribution in [0, 0.1) is 0 Å². The van der Waals surface area contributed by atoms with Gasteiger partial charge in [0.25, 0.3) is 5.56 Å². The Bertz CT molecular complexity index is 684. The number of aromatic nitrogens is 3. The second-order valence-corrected chi connectivity index (χ2v) is 6.05. The first-order valence-electron chi connectivity index (χ1n) is 7.02. The second kappa shape index (κ2) is 6.18. The van der Waals surface area contributed by atoms with Crippen LogP contribution < -0.4 is 5.56 Å². The highest BCUT2D eigenvalue weighted by molar-refractivity contribution is 7.16. The lowest BCUT2D eigenvalue weighted by Gasteiger charge is -2.33. The van der Waals surface area contributed by atoms with Crippen molar-refractivity contribution in [3.8, 4) is 0 Å². The predicted molar refractivity (Wildman–Crippen MR) is 78.6 cm³/mol. The molecule has 2 aromatic heterocycles. The molecule has 0 bridgehead atoms. The van der Waals surface area contributed by atoms with Crippen molar-refractivity contribution in [1.29, 1.82) is 0 Å². The number of aryl methyl sites for hydroxylation is 1. The molecule has 3 rings (SSSR count). The molecule has 114 valence electrons. The minimum absolute atomic E-state index is 0.0355. The molecule has 0 aromatic carbocycles. The standard InChI is InChI=1S/C13H18N4O3S/c1-2-11-15-17-12(19)5-9(14-13(17)21-11)6-16-3-4-20-8-10(16)7-18/h5,10,18H,2-4,6-8H2,1H3. The number of nitrogens with zero attached hydrogens (tertiary/aromatic N) is 4. The van der Waals surface area contributed by atoms with E-state index >= 15 is 0 Å². The molecule has 1 N–H and O–H groups in total. The van der Waals surface area contributed by atoms with Crippen LogP contribution in [0.4, 0.5) is 0 Å². The summed E-state index contributed by atoms with van der Waals surface area (Å²) in [6, 6.07) is 1.49. The van der Waals surface area contributed by atoms with Gasteiger partial charge in [-0.25, -0.2) is 4.98 Å². The largest absolute Gasteiger partial charge is 0.395 e. The van der Waals surface area contributed by atoms with Crippen LogP contribution in [0.1, 0.15) is 17.6 Å². The Labute approximate surface area is 125 Å². The molecule has 1 unspecified atom stereocenters. The molecular formula is C13H18N4O3S. The van der Waals surface area contributed by atoms with Crippen LogP contribution in [0.3, 0.4) is 0 Å². The Morgan fingerprint density at radius 2 is 2.43 bits per heavy atom. The first-order chi connectivity index (χ1) is 10.2. The molecule has 1 atom stereocenters. The lowest BCUT2D eigenvalue weighted by atomic mass is 10.2. The summed E-state index contributed by atoms with van der Waals surface area (Å²) in [5, 5.41) is 14.5. The van der Waals surface area contributed by atoms with Gasteiger partial charge in [-0.15, -0.1) is 0 Å². The summed E-state index contributed by atoms with van der Waals surface area (Å²) in [6.07, 6.45) is 0.791. The summed E-state index contributed by atoms with van der Waals surface area (Å²) in [5.74, 6) is 0. The average molecular weight is 310 g/mol. The number of ether oxygens (including phenoxy) is 1. The summed E-state index contributed by atoms with van der Waals surface area (Å²) in [7, 11) is 0. The van der Waals surface area contributed by atoms with E-state index in [1.807, 2.05) is 6.92 Å². The Morgan fingerprint density at radius 1 is 1.57 bits per heavy atom. The lowest BCUT2D eigenvalue weighted by Crippen LogP contribution is -2.47. The van der Waals surface area contributed by atoms with Gasteiger partial charge >= 0.3 is 0 Å². The van der Waals surface area contributed by atoms with E-state index < -0.39 is 0 Å². The fourth-order valence-corrected chi connectivity index (χ4v) is 3.25. The predicted octanol–water partition coefficient (Wildman–Crippen LogP) is -0.0935. The summed E-state index contributed by atoms with van der Waals surface area (Å²) in [5.41, 5.74) is 0.561. The molecule has 0 saturated carbocycles. The van der Waals surface area contributed by atoms with Crippen molar-refractivity contribution < 1.29 is 9.84 Å². The van der Waals surface area contributed by atoms with Gasteiger partial charge in [0, 0.05) is 19.2 Å². The quantitative estimate of drug-likeness (QED) is 0.850. The van der Waals surface area contributed by atoms with Gasteiger partial charge in [0.1, 0.15) is 5.01 Å². The molecule has 21 heavy (non-hydrogen) atoms. The Balaban J connectivity index is 1.88. The van der Waals surface area contributed by atoms with Gasteiger partial charge < -0.3 is 9.84 Å². The highest BCUT2D eigenvalue weighted by atomic mass is 32.1. The smallest absolute Gasteiger partial charge is 0.275 e. The third-order valence-corrected chi connectivity index (χ3v) is 4.62. The highest BCUT2D eigenvalue weighted by Crippen LogP contribution is 2.14. The SMILES string of the molecule is CCc1nn2c(=O)cc(CN3CCOCC3CO)nc2s1. The minimum atomic E-state index is -0.153. The van der Waals surface area contributed by atoms with Crippen LogP contribution in [-0.2, 0) is 17.7 Å². The van der Waals surface area contributed by atoms with Gasteiger partial charge in [-0.1, -0.05) is 18.3 Å². The maximum Gasteiger partial charge on any atom is 0.275 e. The molecule has 3 heterocycles. The van der Waals surface area contributed by atoms with E-state index in [0.717, 1.165) is 18.0 Å². The van der Waals surface area contributed by atoms with E-state index in [0.29, 0.717) is 30.4 Å². The topological polar surface area (TPSA) is 80.0 Å². The van der Waals surface area contributed by atoms with E-state index in [9.17, 15) is 9.90 Å². The van der Waals surface area contributed by atoms with Gasteiger partial charge in [0.2, 0.25) is 4.96 Å². The van der Waals surface area contributed by atoms with E-state index in [1.54, 1.807) is 0 Å². The number of aliphatic hydroxyl groups is 1. The van der Waals surface area contributed by atoms with Gasteiger partial charge in [-0.2, -0.15) is 9.61 Å². The zero-order valence-corrected chi connectivity index (χ0v) is 12.7. The Morgan fingerprint density at radius 3 is 3.19 bits per heavy atom. The molecule has 0 spiro atoms. The first-order valence-corrected chi connectivity index (χ1v) is 7.84. The maximum atomic E-state index is 12.1. The highest BCUT2D eigenvalue weighted by Gasteiger charge is 2.23. The van der Waals surface area contributed by atoms with Crippen LogP contribution in [-0.4, -0.2) is 57.0 Å². The summed E-state index contributed by atoms with van der Waals surface area (Å²) >= 11 is 1.44. The van der Waals surface area contributed by atoms with Gasteiger partial charge in [0.05, 0.1) is 31.6 Å². The summed E-state index contributed by atoms with van der Waals surface area (Å²) in [6.45, 7) is 4.47. The number of aliphatic hydroxyl groups excluding tert-OH is 1. The van der Waals surface area contributed by atoms with Gasteiger partial charge in [-0.05, 0) is 6.42 Å². The summed E-state index contributed by atoms with van der Waals surface area (Å²) in [4.78, 5) is 19.3. The Kier molecular flexibility index (Phi) is 4.29. The minimum Gasteiger partial charge on any atom is -0.395 e. The third-order valence-electron chi connectivity index (χ3n) is 3.57. The number of morpholine rings is 1. The van der Waals surface area contributed by atoms with Crippen LogP contribution in [0.15, 0.2) is 10.9 Å².